The first-order chi connectivity index (χ1) is 17.2. The highest BCUT2D eigenvalue weighted by Gasteiger charge is 2.28. The number of ether oxygens (including phenoxy) is 1. The van der Waals surface area contributed by atoms with Gasteiger partial charge < -0.3 is 15.0 Å². The monoisotopic (exact) mass is 536 g/mol. The van der Waals surface area contributed by atoms with Crippen LogP contribution in [0.2, 0.25) is 0 Å². The van der Waals surface area contributed by atoms with Crippen LogP contribution in [0, 0.1) is 0 Å². The summed E-state index contributed by atoms with van der Waals surface area (Å²) in [5.41, 5.74) is 1.35. The third-order valence-corrected chi connectivity index (χ3v) is 9.53. The molecule has 2 aromatic carbocycles. The normalized spacial score (nSPS) is 17.9. The summed E-state index contributed by atoms with van der Waals surface area (Å²) < 4.78 is 62.5. The summed E-state index contributed by atoms with van der Waals surface area (Å²) >= 11 is 0. The number of nitrogens with zero attached hydrogens (tertiary/aromatic N) is 2. The zero-order valence-corrected chi connectivity index (χ0v) is 21.9. The number of anilines is 3. The lowest BCUT2D eigenvalue weighted by molar-refractivity contribution is -0.114. The second-order valence-corrected chi connectivity index (χ2v) is 12.5. The number of hydrogen-bond acceptors (Lipinski definition) is 7. The molecule has 2 aliphatic heterocycles. The fourth-order valence-corrected chi connectivity index (χ4v) is 6.91. The Hall–Kier alpha value is -2.67. The van der Waals surface area contributed by atoms with Gasteiger partial charge in [0.1, 0.15) is 0 Å². The average Bonchev–Trinajstić information content (AvgIpc) is 3.14. The molecule has 0 bridgehead atoms. The maximum absolute atomic E-state index is 13.3. The number of nitrogens with one attached hydrogen (secondary N) is 2. The van der Waals surface area contributed by atoms with Gasteiger partial charge in [0, 0.05) is 38.8 Å². The largest absolute Gasteiger partial charge is 0.379 e. The van der Waals surface area contributed by atoms with Crippen LogP contribution in [0.25, 0.3) is 0 Å². The van der Waals surface area contributed by atoms with Gasteiger partial charge in [-0.25, -0.2) is 16.8 Å². The average molecular weight is 537 g/mol. The van der Waals surface area contributed by atoms with E-state index in [2.05, 4.69) is 14.9 Å². The fourth-order valence-electron chi connectivity index (χ4n) is 4.41. The van der Waals surface area contributed by atoms with Crippen molar-refractivity contribution in [1.29, 1.82) is 0 Å². The first kappa shape index (κ1) is 26.4. The molecule has 0 unspecified atom stereocenters. The molecule has 36 heavy (non-hydrogen) atoms. The maximum atomic E-state index is 13.3. The van der Waals surface area contributed by atoms with Gasteiger partial charge in [-0.2, -0.15) is 4.31 Å². The van der Waals surface area contributed by atoms with Gasteiger partial charge in [0.15, 0.2) is 0 Å². The van der Waals surface area contributed by atoms with Crippen molar-refractivity contribution in [2.75, 3.05) is 54.3 Å². The van der Waals surface area contributed by atoms with E-state index in [4.69, 9.17) is 4.74 Å². The molecule has 10 nitrogen and oxygen atoms in total. The highest BCUT2D eigenvalue weighted by atomic mass is 32.2. The molecule has 2 saturated heterocycles. The first-order valence-electron chi connectivity index (χ1n) is 12.0. The van der Waals surface area contributed by atoms with Crippen LogP contribution in [-0.2, 0) is 29.6 Å². The van der Waals surface area contributed by atoms with Crippen LogP contribution in [0.15, 0.2) is 52.3 Å². The zero-order chi connectivity index (χ0) is 25.8. The number of hydrogen-bond donors (Lipinski definition) is 2. The van der Waals surface area contributed by atoms with E-state index < -0.39 is 20.0 Å². The van der Waals surface area contributed by atoms with Crippen molar-refractivity contribution in [1.82, 2.24) is 4.31 Å². The number of amides is 1. The standard InChI is InChI=1S/C24H32N4O6S2/c1-19(29)25-20-6-8-21(9-7-20)35(30,31)26-23-18-22(36(32,33)28-14-16-34-17-15-28)10-11-24(23)27-12-4-2-3-5-13-27/h6-11,18,26H,2-5,12-17H2,1H3,(H,25,29). The van der Waals surface area contributed by atoms with Crippen molar-refractivity contribution < 1.29 is 26.4 Å². The van der Waals surface area contributed by atoms with Crippen LogP contribution in [0.4, 0.5) is 17.1 Å². The second kappa shape index (κ2) is 11.2. The molecule has 2 fully saturated rings. The summed E-state index contributed by atoms with van der Waals surface area (Å²) in [6, 6.07) is 10.5. The Balaban J connectivity index is 1.70. The van der Waals surface area contributed by atoms with Crippen molar-refractivity contribution in [2.45, 2.75) is 42.4 Å². The highest BCUT2D eigenvalue weighted by Crippen LogP contribution is 2.33. The predicted octanol–water partition coefficient (Wildman–Crippen LogP) is 2.85. The van der Waals surface area contributed by atoms with Gasteiger partial charge in [-0.05, 0) is 55.3 Å². The molecule has 0 atom stereocenters. The Morgan fingerprint density at radius 3 is 2.06 bits per heavy atom. The molecule has 0 aliphatic carbocycles. The molecule has 2 aromatic rings. The van der Waals surface area contributed by atoms with Crippen molar-refractivity contribution in [3.8, 4) is 0 Å². The van der Waals surface area contributed by atoms with E-state index in [1.807, 2.05) is 0 Å². The Kier molecular flexibility index (Phi) is 8.18. The van der Waals surface area contributed by atoms with E-state index in [9.17, 15) is 21.6 Å². The van der Waals surface area contributed by atoms with Crippen LogP contribution in [-0.4, -0.2) is 66.4 Å². The van der Waals surface area contributed by atoms with Crippen molar-refractivity contribution in [2.24, 2.45) is 0 Å². The van der Waals surface area contributed by atoms with Gasteiger partial charge in [0.2, 0.25) is 15.9 Å². The molecule has 196 valence electrons. The smallest absolute Gasteiger partial charge is 0.261 e. The zero-order valence-electron chi connectivity index (χ0n) is 20.3. The molecule has 2 heterocycles. The lowest BCUT2D eigenvalue weighted by atomic mass is 10.2. The van der Waals surface area contributed by atoms with Gasteiger partial charge in [-0.3, -0.25) is 9.52 Å². The van der Waals surface area contributed by atoms with E-state index in [-0.39, 0.29) is 34.5 Å². The Labute approximate surface area is 212 Å². The van der Waals surface area contributed by atoms with Gasteiger partial charge in [0.25, 0.3) is 10.0 Å². The third-order valence-electron chi connectivity index (χ3n) is 6.25. The molecule has 12 heteroatoms. The molecule has 0 saturated carbocycles. The molecule has 0 aromatic heterocycles. The van der Waals surface area contributed by atoms with Gasteiger partial charge in [-0.1, -0.05) is 12.8 Å². The van der Waals surface area contributed by atoms with Crippen LogP contribution in [0.1, 0.15) is 32.6 Å². The number of carbonyl (C=O) groups is 1. The third kappa shape index (κ3) is 6.17. The summed E-state index contributed by atoms with van der Waals surface area (Å²) in [4.78, 5) is 13.4. The molecule has 2 aliphatic rings. The number of carbonyl (C=O) groups excluding carboxylic acids is 1. The molecular formula is C24H32N4O6S2. The van der Waals surface area contributed by atoms with Crippen molar-refractivity contribution in [3.05, 3.63) is 42.5 Å². The predicted molar refractivity (Wildman–Crippen MR) is 138 cm³/mol. The minimum absolute atomic E-state index is 0.000132. The summed E-state index contributed by atoms with van der Waals surface area (Å²) in [5, 5.41) is 2.61. The number of benzene rings is 2. The minimum atomic E-state index is -4.03. The second-order valence-electron chi connectivity index (χ2n) is 8.91. The van der Waals surface area contributed by atoms with E-state index in [0.717, 1.165) is 38.8 Å². The molecular weight excluding hydrogens is 504 g/mol. The number of rotatable bonds is 7. The van der Waals surface area contributed by atoms with Crippen LogP contribution >= 0.6 is 0 Å². The molecule has 1 amide bonds. The van der Waals surface area contributed by atoms with E-state index >= 15 is 0 Å². The van der Waals surface area contributed by atoms with Crippen LogP contribution in [0.5, 0.6) is 0 Å². The summed E-state index contributed by atoms with van der Waals surface area (Å²) in [5.74, 6) is -0.260. The first-order valence-corrected chi connectivity index (χ1v) is 15.0. The Morgan fingerprint density at radius 1 is 0.833 bits per heavy atom. The summed E-state index contributed by atoms with van der Waals surface area (Å²) in [6.07, 6.45) is 4.15. The van der Waals surface area contributed by atoms with E-state index in [1.165, 1.54) is 41.6 Å². The fraction of sp³-hybridized carbons (Fsp3) is 0.458. The number of sulfonamides is 2. The molecule has 0 spiro atoms. The van der Waals surface area contributed by atoms with E-state index in [0.29, 0.717) is 24.6 Å². The van der Waals surface area contributed by atoms with Gasteiger partial charge >= 0.3 is 0 Å². The number of morpholine rings is 1. The lowest BCUT2D eigenvalue weighted by Crippen LogP contribution is -2.40. The van der Waals surface area contributed by atoms with Gasteiger partial charge in [0.05, 0.1) is 34.4 Å². The van der Waals surface area contributed by atoms with E-state index in [1.54, 1.807) is 12.1 Å². The summed E-state index contributed by atoms with van der Waals surface area (Å²) in [7, 11) is -7.85. The Bertz CT molecular complexity index is 1280. The van der Waals surface area contributed by atoms with Crippen LogP contribution in [0.3, 0.4) is 0 Å². The van der Waals surface area contributed by atoms with Crippen molar-refractivity contribution >= 4 is 43.0 Å². The highest BCUT2D eigenvalue weighted by molar-refractivity contribution is 7.92. The molecule has 2 N–H and O–H groups in total. The molecule has 4 rings (SSSR count). The summed E-state index contributed by atoms with van der Waals surface area (Å²) in [6.45, 7) is 4.02. The molecule has 0 radical (unpaired) electrons. The van der Waals surface area contributed by atoms with Gasteiger partial charge in [-0.15, -0.1) is 0 Å². The SMILES string of the molecule is CC(=O)Nc1ccc(S(=O)(=O)Nc2cc(S(=O)(=O)N3CCOCC3)ccc2N2CCCCCC2)cc1. The van der Waals surface area contributed by atoms with Crippen LogP contribution < -0.4 is 14.9 Å². The van der Waals surface area contributed by atoms with Crippen molar-refractivity contribution in [3.63, 3.8) is 0 Å². The maximum Gasteiger partial charge on any atom is 0.261 e. The topological polar surface area (TPSA) is 125 Å². The Morgan fingerprint density at radius 2 is 1.44 bits per heavy atom. The lowest BCUT2D eigenvalue weighted by Gasteiger charge is -2.28. The quantitative estimate of drug-likeness (QED) is 0.557. The minimum Gasteiger partial charge on any atom is -0.379 e.